The molecule has 3 nitrogen and oxygen atoms in total. The highest BCUT2D eigenvalue weighted by atomic mass is 16.1. The number of carbonyl (C=O) groups excluding carboxylic acids is 1. The van der Waals surface area contributed by atoms with Gasteiger partial charge in [-0.15, -0.1) is 0 Å². The van der Waals surface area contributed by atoms with Gasteiger partial charge >= 0.3 is 0 Å². The Hall–Kier alpha value is -0.570. The van der Waals surface area contributed by atoms with Gasteiger partial charge in [-0.3, -0.25) is 4.79 Å². The van der Waals surface area contributed by atoms with Gasteiger partial charge in [-0.2, -0.15) is 0 Å². The molecule has 0 aliphatic heterocycles. The largest absolute Gasteiger partial charge is 0.353 e. The van der Waals surface area contributed by atoms with Gasteiger partial charge in [0, 0.05) is 19.0 Å². The van der Waals surface area contributed by atoms with Crippen LogP contribution in [0.4, 0.5) is 0 Å². The maximum absolute atomic E-state index is 11.2. The molecule has 1 aliphatic rings. The van der Waals surface area contributed by atoms with E-state index in [9.17, 15) is 4.79 Å². The molecular weight excluding hydrogens is 188 g/mol. The van der Waals surface area contributed by atoms with Crippen molar-refractivity contribution in [3.63, 3.8) is 0 Å². The van der Waals surface area contributed by atoms with E-state index >= 15 is 0 Å². The molecule has 0 radical (unpaired) electrons. The van der Waals surface area contributed by atoms with Crippen LogP contribution in [-0.2, 0) is 4.79 Å². The first-order valence-corrected chi connectivity index (χ1v) is 6.06. The van der Waals surface area contributed by atoms with Crippen molar-refractivity contribution in [1.82, 2.24) is 10.2 Å². The zero-order valence-electron chi connectivity index (χ0n) is 10.3. The van der Waals surface area contributed by atoms with Crippen LogP contribution in [0.2, 0.25) is 0 Å². The van der Waals surface area contributed by atoms with Crippen LogP contribution in [0.15, 0.2) is 0 Å². The molecule has 1 fully saturated rings. The molecule has 15 heavy (non-hydrogen) atoms. The van der Waals surface area contributed by atoms with Crippen LogP contribution < -0.4 is 5.32 Å². The lowest BCUT2D eigenvalue weighted by Crippen LogP contribution is -2.38. The molecule has 1 rings (SSSR count). The van der Waals surface area contributed by atoms with Gasteiger partial charge in [0.05, 0.1) is 0 Å². The summed E-state index contributed by atoms with van der Waals surface area (Å²) in [4.78, 5) is 13.5. The van der Waals surface area contributed by atoms with Crippen LogP contribution in [-0.4, -0.2) is 37.5 Å². The molecular formula is C12H24N2O. The van der Waals surface area contributed by atoms with Crippen LogP contribution in [0, 0.1) is 5.92 Å². The number of rotatable bonds is 4. The molecule has 0 unspecified atom stereocenters. The Morgan fingerprint density at radius 2 is 1.87 bits per heavy atom. The van der Waals surface area contributed by atoms with Gasteiger partial charge in [0.15, 0.2) is 0 Å². The SMILES string of the molecule is CCC(=O)NC1CCC(CN(C)C)CC1. The monoisotopic (exact) mass is 212 g/mol. The fourth-order valence-corrected chi connectivity index (χ4v) is 2.34. The third kappa shape index (κ3) is 4.65. The highest BCUT2D eigenvalue weighted by molar-refractivity contribution is 5.75. The predicted octanol–water partition coefficient (Wildman–Crippen LogP) is 1.63. The summed E-state index contributed by atoms with van der Waals surface area (Å²) in [7, 11) is 4.26. The number of nitrogens with one attached hydrogen (secondary N) is 1. The summed E-state index contributed by atoms with van der Waals surface area (Å²) in [5.74, 6) is 1.03. The van der Waals surface area contributed by atoms with Gasteiger partial charge in [0.1, 0.15) is 0 Å². The third-order valence-electron chi connectivity index (χ3n) is 3.16. The van der Waals surface area contributed by atoms with Crippen LogP contribution in [0.5, 0.6) is 0 Å². The number of hydrogen-bond acceptors (Lipinski definition) is 2. The summed E-state index contributed by atoms with van der Waals surface area (Å²) in [6.07, 6.45) is 5.44. The van der Waals surface area contributed by atoms with Gasteiger partial charge in [-0.25, -0.2) is 0 Å². The first kappa shape index (κ1) is 12.5. The zero-order chi connectivity index (χ0) is 11.3. The van der Waals surface area contributed by atoms with Crippen molar-refractivity contribution < 1.29 is 4.79 Å². The average Bonchev–Trinajstić information content (AvgIpc) is 2.20. The van der Waals surface area contributed by atoms with E-state index in [0.29, 0.717) is 12.5 Å². The van der Waals surface area contributed by atoms with Crippen LogP contribution in [0.3, 0.4) is 0 Å². The van der Waals surface area contributed by atoms with E-state index in [1.165, 1.54) is 19.4 Å². The average molecular weight is 212 g/mol. The highest BCUT2D eigenvalue weighted by Gasteiger charge is 2.22. The summed E-state index contributed by atoms with van der Waals surface area (Å²) >= 11 is 0. The fraction of sp³-hybridized carbons (Fsp3) is 0.917. The van der Waals surface area contributed by atoms with E-state index in [4.69, 9.17) is 0 Å². The number of amides is 1. The lowest BCUT2D eigenvalue weighted by atomic mass is 9.86. The van der Waals surface area contributed by atoms with E-state index in [2.05, 4.69) is 24.3 Å². The van der Waals surface area contributed by atoms with Crippen molar-refractivity contribution in [3.05, 3.63) is 0 Å². The molecule has 88 valence electrons. The normalized spacial score (nSPS) is 26.7. The van der Waals surface area contributed by atoms with Gasteiger partial charge in [-0.1, -0.05) is 6.92 Å². The lowest BCUT2D eigenvalue weighted by molar-refractivity contribution is -0.121. The summed E-state index contributed by atoms with van der Waals surface area (Å²) in [5, 5.41) is 3.09. The minimum Gasteiger partial charge on any atom is -0.353 e. The molecule has 0 aromatic carbocycles. The molecule has 3 heteroatoms. The Morgan fingerprint density at radius 3 is 2.33 bits per heavy atom. The molecule has 1 saturated carbocycles. The predicted molar refractivity (Wildman–Crippen MR) is 62.7 cm³/mol. The second-order valence-corrected chi connectivity index (χ2v) is 4.90. The zero-order valence-corrected chi connectivity index (χ0v) is 10.3. The molecule has 0 atom stereocenters. The van der Waals surface area contributed by atoms with E-state index in [1.54, 1.807) is 0 Å². The highest BCUT2D eigenvalue weighted by Crippen LogP contribution is 2.24. The van der Waals surface area contributed by atoms with Crippen LogP contribution >= 0.6 is 0 Å². The Morgan fingerprint density at radius 1 is 1.27 bits per heavy atom. The smallest absolute Gasteiger partial charge is 0.219 e. The summed E-state index contributed by atoms with van der Waals surface area (Å²) in [5.41, 5.74) is 0. The van der Waals surface area contributed by atoms with E-state index in [1.807, 2.05) is 6.92 Å². The number of carbonyl (C=O) groups is 1. The second-order valence-electron chi connectivity index (χ2n) is 4.90. The van der Waals surface area contributed by atoms with Crippen molar-refractivity contribution in [3.8, 4) is 0 Å². The quantitative estimate of drug-likeness (QED) is 0.768. The standard InChI is InChI=1S/C12H24N2O/c1-4-12(15)13-11-7-5-10(6-8-11)9-14(2)3/h10-11H,4-9H2,1-3H3,(H,13,15). The molecule has 0 aromatic heterocycles. The Bertz CT molecular complexity index is 196. The van der Waals surface area contributed by atoms with E-state index in [0.717, 1.165) is 18.8 Å². The van der Waals surface area contributed by atoms with Gasteiger partial charge in [0.25, 0.3) is 0 Å². The molecule has 0 spiro atoms. The number of nitrogens with zero attached hydrogens (tertiary/aromatic N) is 1. The topological polar surface area (TPSA) is 32.3 Å². The minimum absolute atomic E-state index is 0.200. The summed E-state index contributed by atoms with van der Waals surface area (Å²) in [6, 6.07) is 0.441. The van der Waals surface area contributed by atoms with Crippen molar-refractivity contribution in [2.45, 2.75) is 45.1 Å². The summed E-state index contributed by atoms with van der Waals surface area (Å²) in [6.45, 7) is 3.10. The first-order chi connectivity index (χ1) is 7.11. The van der Waals surface area contributed by atoms with Crippen molar-refractivity contribution in [1.29, 1.82) is 0 Å². The van der Waals surface area contributed by atoms with Gasteiger partial charge in [-0.05, 0) is 45.7 Å². The second kappa shape index (κ2) is 6.11. The van der Waals surface area contributed by atoms with Gasteiger partial charge < -0.3 is 10.2 Å². The first-order valence-electron chi connectivity index (χ1n) is 6.06. The van der Waals surface area contributed by atoms with E-state index in [-0.39, 0.29) is 5.91 Å². The molecule has 1 N–H and O–H groups in total. The maximum atomic E-state index is 11.2. The Kier molecular flexibility index (Phi) is 5.09. The Balaban J connectivity index is 2.20. The van der Waals surface area contributed by atoms with E-state index < -0.39 is 0 Å². The van der Waals surface area contributed by atoms with Crippen molar-refractivity contribution in [2.24, 2.45) is 5.92 Å². The Labute approximate surface area is 93.2 Å². The maximum Gasteiger partial charge on any atom is 0.219 e. The van der Waals surface area contributed by atoms with Crippen molar-refractivity contribution in [2.75, 3.05) is 20.6 Å². The fourth-order valence-electron chi connectivity index (χ4n) is 2.34. The van der Waals surface area contributed by atoms with Crippen LogP contribution in [0.25, 0.3) is 0 Å². The molecule has 0 bridgehead atoms. The third-order valence-corrected chi connectivity index (χ3v) is 3.16. The lowest BCUT2D eigenvalue weighted by Gasteiger charge is -2.30. The minimum atomic E-state index is 0.200. The molecule has 0 heterocycles. The molecule has 0 saturated heterocycles. The van der Waals surface area contributed by atoms with Crippen molar-refractivity contribution >= 4 is 5.91 Å². The van der Waals surface area contributed by atoms with Crippen LogP contribution in [0.1, 0.15) is 39.0 Å². The molecule has 0 aromatic rings. The molecule has 1 aliphatic carbocycles. The number of hydrogen-bond donors (Lipinski definition) is 1. The summed E-state index contributed by atoms with van der Waals surface area (Å²) < 4.78 is 0. The molecule has 1 amide bonds. The van der Waals surface area contributed by atoms with Gasteiger partial charge in [0.2, 0.25) is 5.91 Å².